The fourth-order valence-corrected chi connectivity index (χ4v) is 3.63. The molecule has 1 aliphatic rings. The minimum atomic E-state index is -0.660. The van der Waals surface area contributed by atoms with E-state index in [1.165, 1.54) is 16.7 Å². The van der Waals surface area contributed by atoms with Gasteiger partial charge in [-0.15, -0.1) is 0 Å². The van der Waals surface area contributed by atoms with Crippen molar-refractivity contribution < 1.29 is 10.2 Å². The molecule has 27 heavy (non-hydrogen) atoms. The van der Waals surface area contributed by atoms with E-state index >= 15 is 0 Å². The highest BCUT2D eigenvalue weighted by atomic mass is 16.3. The normalized spacial score (nSPS) is 30.9. The van der Waals surface area contributed by atoms with Crippen LogP contribution in [0.4, 0.5) is 0 Å². The minimum absolute atomic E-state index is 0.124. The molecule has 0 amide bonds. The highest BCUT2D eigenvalue weighted by molar-refractivity contribution is 5.09. The van der Waals surface area contributed by atoms with E-state index in [2.05, 4.69) is 52.0 Å². The molecule has 0 spiro atoms. The van der Waals surface area contributed by atoms with Gasteiger partial charge >= 0.3 is 0 Å². The van der Waals surface area contributed by atoms with Crippen LogP contribution in [0.5, 0.6) is 0 Å². The summed E-state index contributed by atoms with van der Waals surface area (Å²) in [6.45, 7) is 10.9. The first-order valence-electron chi connectivity index (χ1n) is 10.7. The molecule has 0 aromatic rings. The van der Waals surface area contributed by atoms with Gasteiger partial charge < -0.3 is 10.2 Å². The summed E-state index contributed by atoms with van der Waals surface area (Å²) in [5, 5.41) is 20.7. The average molecular weight is 375 g/mol. The van der Waals surface area contributed by atoms with Gasteiger partial charge in [-0.2, -0.15) is 0 Å². The molecule has 0 fully saturated rings. The van der Waals surface area contributed by atoms with Crippen molar-refractivity contribution >= 4 is 0 Å². The van der Waals surface area contributed by atoms with Crippen LogP contribution in [0.1, 0.15) is 92.4 Å². The Morgan fingerprint density at radius 3 is 2.19 bits per heavy atom. The second-order valence-corrected chi connectivity index (χ2v) is 8.72. The lowest BCUT2D eigenvalue weighted by Gasteiger charge is -2.34. The standard InChI is InChI=1S/C25H42O2/c1-20-9-6-11-21(2)15-17-25(27,18-16-22(3)12-7-10-20)24(5)14-8-13-23(4)19-26/h9,12-13,15,24,26-27H,6-8,10-11,14,16-19H2,1-5H3/b20-9+,21-15+,22-12+,23-13+. The van der Waals surface area contributed by atoms with Crippen molar-refractivity contribution in [3.63, 3.8) is 0 Å². The van der Waals surface area contributed by atoms with Crippen LogP contribution in [-0.2, 0) is 0 Å². The predicted octanol–water partition coefficient (Wildman–Crippen LogP) is 6.66. The molecule has 0 radical (unpaired) electrons. The van der Waals surface area contributed by atoms with Gasteiger partial charge in [-0.25, -0.2) is 0 Å². The zero-order chi connectivity index (χ0) is 20.3. The highest BCUT2D eigenvalue weighted by Crippen LogP contribution is 2.33. The fraction of sp³-hybridized carbons (Fsp3) is 0.680. The van der Waals surface area contributed by atoms with Gasteiger partial charge in [0, 0.05) is 0 Å². The zero-order valence-electron chi connectivity index (χ0n) is 18.4. The molecule has 0 aromatic heterocycles. The van der Waals surface area contributed by atoms with Crippen molar-refractivity contribution in [3.8, 4) is 0 Å². The lowest BCUT2D eigenvalue weighted by atomic mass is 9.78. The number of hydrogen-bond donors (Lipinski definition) is 2. The van der Waals surface area contributed by atoms with Crippen LogP contribution >= 0.6 is 0 Å². The highest BCUT2D eigenvalue weighted by Gasteiger charge is 2.31. The number of rotatable bonds is 5. The molecule has 2 heteroatoms. The molecule has 2 atom stereocenters. The quantitative estimate of drug-likeness (QED) is 0.528. The molecule has 0 saturated heterocycles. The van der Waals surface area contributed by atoms with Gasteiger partial charge in [0.1, 0.15) is 0 Å². The van der Waals surface area contributed by atoms with Crippen molar-refractivity contribution in [3.05, 3.63) is 46.6 Å². The van der Waals surface area contributed by atoms with Crippen LogP contribution in [0.2, 0.25) is 0 Å². The van der Waals surface area contributed by atoms with Crippen molar-refractivity contribution in [2.24, 2.45) is 5.92 Å². The Morgan fingerprint density at radius 2 is 1.59 bits per heavy atom. The van der Waals surface area contributed by atoms with Crippen LogP contribution in [-0.4, -0.2) is 22.4 Å². The monoisotopic (exact) mass is 374 g/mol. The van der Waals surface area contributed by atoms with Gasteiger partial charge in [-0.3, -0.25) is 0 Å². The first-order valence-corrected chi connectivity index (χ1v) is 10.7. The second kappa shape index (κ2) is 12.4. The molecule has 0 aromatic carbocycles. The lowest BCUT2D eigenvalue weighted by Crippen LogP contribution is -2.36. The molecular formula is C25H42O2. The SMILES string of the molecule is C/C(=C\CCC(C)C1(O)C/C=C(\C)CC/C=C(\C)CC/C=C(\C)CC1)CO. The Kier molecular flexibility index (Phi) is 10.9. The molecule has 0 aliphatic heterocycles. The van der Waals surface area contributed by atoms with Gasteiger partial charge in [0.15, 0.2) is 0 Å². The summed E-state index contributed by atoms with van der Waals surface area (Å²) in [5.74, 6) is 0.229. The van der Waals surface area contributed by atoms with Crippen LogP contribution in [0.25, 0.3) is 0 Å². The number of aliphatic hydroxyl groups excluding tert-OH is 1. The third kappa shape index (κ3) is 9.58. The molecule has 0 bridgehead atoms. The largest absolute Gasteiger partial charge is 0.392 e. The van der Waals surface area contributed by atoms with E-state index in [4.69, 9.17) is 5.11 Å². The summed E-state index contributed by atoms with van der Waals surface area (Å²) in [7, 11) is 0. The van der Waals surface area contributed by atoms with E-state index in [9.17, 15) is 5.11 Å². The molecule has 154 valence electrons. The number of aliphatic hydroxyl groups is 2. The van der Waals surface area contributed by atoms with Crippen LogP contribution in [0.15, 0.2) is 46.6 Å². The summed E-state index contributed by atoms with van der Waals surface area (Å²) < 4.78 is 0. The first-order chi connectivity index (χ1) is 12.8. The van der Waals surface area contributed by atoms with Crippen LogP contribution < -0.4 is 0 Å². The zero-order valence-corrected chi connectivity index (χ0v) is 18.4. The third-order valence-corrected chi connectivity index (χ3v) is 6.08. The van der Waals surface area contributed by atoms with Gasteiger partial charge in [0.2, 0.25) is 0 Å². The van der Waals surface area contributed by atoms with Crippen molar-refractivity contribution in [2.45, 2.75) is 98.0 Å². The molecular weight excluding hydrogens is 332 g/mol. The van der Waals surface area contributed by atoms with E-state index in [1.807, 2.05) is 6.92 Å². The average Bonchev–Trinajstić information content (AvgIpc) is 2.63. The molecule has 1 rings (SSSR count). The van der Waals surface area contributed by atoms with E-state index < -0.39 is 5.60 Å². The van der Waals surface area contributed by atoms with Crippen molar-refractivity contribution in [1.29, 1.82) is 0 Å². The Hall–Kier alpha value is -1.12. The topological polar surface area (TPSA) is 40.5 Å². The lowest BCUT2D eigenvalue weighted by molar-refractivity contribution is -0.0197. The molecule has 2 N–H and O–H groups in total. The Balaban J connectivity index is 2.89. The maximum absolute atomic E-state index is 11.5. The Morgan fingerprint density at radius 1 is 1.04 bits per heavy atom. The predicted molar refractivity (Wildman–Crippen MR) is 118 cm³/mol. The van der Waals surface area contributed by atoms with Gasteiger partial charge in [0.05, 0.1) is 12.2 Å². The summed E-state index contributed by atoms with van der Waals surface area (Å²) in [4.78, 5) is 0. The van der Waals surface area contributed by atoms with E-state index in [-0.39, 0.29) is 12.5 Å². The van der Waals surface area contributed by atoms with E-state index in [1.54, 1.807) is 0 Å². The summed E-state index contributed by atoms with van der Waals surface area (Å²) in [6.07, 6.45) is 17.9. The maximum Gasteiger partial charge on any atom is 0.0710 e. The summed E-state index contributed by atoms with van der Waals surface area (Å²) >= 11 is 0. The van der Waals surface area contributed by atoms with Crippen LogP contribution in [0, 0.1) is 5.92 Å². The molecule has 2 unspecified atom stereocenters. The second-order valence-electron chi connectivity index (χ2n) is 8.72. The maximum atomic E-state index is 11.5. The van der Waals surface area contributed by atoms with Gasteiger partial charge in [-0.05, 0) is 91.4 Å². The molecule has 0 heterocycles. The van der Waals surface area contributed by atoms with Crippen molar-refractivity contribution in [2.75, 3.05) is 6.61 Å². The number of allylic oxidation sites excluding steroid dienone is 6. The van der Waals surface area contributed by atoms with Crippen molar-refractivity contribution in [1.82, 2.24) is 0 Å². The molecule has 2 nitrogen and oxygen atoms in total. The Bertz CT molecular complexity index is 565. The smallest absolute Gasteiger partial charge is 0.0710 e. The molecule has 1 aliphatic carbocycles. The fourth-order valence-electron chi connectivity index (χ4n) is 3.63. The third-order valence-electron chi connectivity index (χ3n) is 6.08. The summed E-state index contributed by atoms with van der Waals surface area (Å²) in [5.41, 5.74) is 4.61. The minimum Gasteiger partial charge on any atom is -0.392 e. The van der Waals surface area contributed by atoms with E-state index in [0.717, 1.165) is 63.4 Å². The van der Waals surface area contributed by atoms with Gasteiger partial charge in [-0.1, -0.05) is 53.5 Å². The van der Waals surface area contributed by atoms with Crippen LogP contribution in [0.3, 0.4) is 0 Å². The number of hydrogen-bond acceptors (Lipinski definition) is 2. The first kappa shape index (κ1) is 23.9. The summed E-state index contributed by atoms with van der Waals surface area (Å²) in [6, 6.07) is 0. The Labute approximate surface area is 167 Å². The van der Waals surface area contributed by atoms with E-state index in [0.29, 0.717) is 0 Å². The molecule has 0 saturated carbocycles. The van der Waals surface area contributed by atoms with Gasteiger partial charge in [0.25, 0.3) is 0 Å².